The van der Waals surface area contributed by atoms with Gasteiger partial charge in [0.25, 0.3) is 0 Å². The smallest absolute Gasteiger partial charge is 0.321 e. The van der Waals surface area contributed by atoms with Crippen molar-refractivity contribution in [3.05, 3.63) is 65.2 Å². The zero-order valence-corrected chi connectivity index (χ0v) is 14.4. The third-order valence-electron chi connectivity index (χ3n) is 4.45. The molecule has 0 unspecified atom stereocenters. The van der Waals surface area contributed by atoms with Crippen LogP contribution in [0.15, 0.2) is 48.5 Å². The van der Waals surface area contributed by atoms with Gasteiger partial charge in [-0.1, -0.05) is 29.8 Å². The molecule has 2 aromatic rings. The average molecular weight is 334 g/mol. The number of nitrogens with one attached hydrogen (secondary N) is 1. The van der Waals surface area contributed by atoms with E-state index in [1.165, 1.54) is 11.1 Å². The van der Waals surface area contributed by atoms with E-state index in [2.05, 4.69) is 47.5 Å². The van der Waals surface area contributed by atoms with Crippen molar-refractivity contribution in [3.63, 3.8) is 0 Å². The quantitative estimate of drug-likeness (QED) is 0.937. The summed E-state index contributed by atoms with van der Waals surface area (Å²) in [7, 11) is 0. The molecule has 1 N–H and O–H groups in total. The molecular formula is C20H22N4O. The Morgan fingerprint density at radius 1 is 1.04 bits per heavy atom. The van der Waals surface area contributed by atoms with Crippen molar-refractivity contribution in [2.45, 2.75) is 13.5 Å². The molecule has 1 heterocycles. The van der Waals surface area contributed by atoms with Crippen LogP contribution < -0.4 is 5.32 Å². The maximum absolute atomic E-state index is 12.4. The minimum absolute atomic E-state index is 0.0836. The minimum Gasteiger partial charge on any atom is -0.322 e. The van der Waals surface area contributed by atoms with Crippen molar-refractivity contribution < 1.29 is 4.79 Å². The number of nitrogens with zero attached hydrogens (tertiary/aromatic N) is 3. The van der Waals surface area contributed by atoms with Crippen molar-refractivity contribution in [1.29, 1.82) is 5.26 Å². The van der Waals surface area contributed by atoms with Crippen molar-refractivity contribution in [3.8, 4) is 6.07 Å². The van der Waals surface area contributed by atoms with Gasteiger partial charge in [0.05, 0.1) is 11.6 Å². The molecule has 0 spiro atoms. The molecule has 2 aromatic carbocycles. The van der Waals surface area contributed by atoms with E-state index in [4.69, 9.17) is 5.26 Å². The molecule has 0 aliphatic carbocycles. The topological polar surface area (TPSA) is 59.4 Å². The number of piperazine rings is 1. The van der Waals surface area contributed by atoms with Crippen LogP contribution in [0.25, 0.3) is 0 Å². The molecular weight excluding hydrogens is 312 g/mol. The predicted octanol–water partition coefficient (Wildman–Crippen LogP) is 3.22. The molecule has 0 radical (unpaired) electrons. The summed E-state index contributed by atoms with van der Waals surface area (Å²) in [5.41, 5.74) is 3.88. The minimum atomic E-state index is -0.0836. The summed E-state index contributed by atoms with van der Waals surface area (Å²) in [6.07, 6.45) is 0. The van der Waals surface area contributed by atoms with Crippen molar-refractivity contribution in [1.82, 2.24) is 9.80 Å². The maximum atomic E-state index is 12.4. The first kappa shape index (κ1) is 17.0. The second-order valence-corrected chi connectivity index (χ2v) is 6.37. The zero-order valence-electron chi connectivity index (χ0n) is 14.4. The Hall–Kier alpha value is -2.84. The van der Waals surface area contributed by atoms with Gasteiger partial charge in [-0.05, 0) is 36.8 Å². The number of urea groups is 1. The first-order valence-corrected chi connectivity index (χ1v) is 8.48. The van der Waals surface area contributed by atoms with E-state index in [9.17, 15) is 4.79 Å². The third kappa shape index (κ3) is 4.59. The number of aryl methyl sites for hydroxylation is 1. The van der Waals surface area contributed by atoms with Crippen LogP contribution in [-0.4, -0.2) is 42.0 Å². The summed E-state index contributed by atoms with van der Waals surface area (Å²) in [6, 6.07) is 17.5. The number of hydrogen-bond acceptors (Lipinski definition) is 3. The van der Waals surface area contributed by atoms with Gasteiger partial charge in [0.2, 0.25) is 0 Å². The van der Waals surface area contributed by atoms with Gasteiger partial charge in [0.1, 0.15) is 0 Å². The number of anilines is 1. The lowest BCUT2D eigenvalue weighted by Gasteiger charge is -2.34. The lowest BCUT2D eigenvalue weighted by molar-refractivity contribution is 0.143. The van der Waals surface area contributed by atoms with Crippen molar-refractivity contribution in [2.75, 3.05) is 31.5 Å². The van der Waals surface area contributed by atoms with Gasteiger partial charge < -0.3 is 10.2 Å². The molecule has 1 fully saturated rings. The summed E-state index contributed by atoms with van der Waals surface area (Å²) in [5, 5.41) is 11.7. The van der Waals surface area contributed by atoms with E-state index in [1.807, 2.05) is 4.90 Å². The molecule has 3 rings (SSSR count). The lowest BCUT2D eigenvalue weighted by Crippen LogP contribution is -2.49. The zero-order chi connectivity index (χ0) is 17.6. The Balaban J connectivity index is 1.48. The van der Waals surface area contributed by atoms with Gasteiger partial charge >= 0.3 is 6.03 Å². The first-order chi connectivity index (χ1) is 12.1. The number of carbonyl (C=O) groups excluding carboxylic acids is 1. The third-order valence-corrected chi connectivity index (χ3v) is 4.45. The first-order valence-electron chi connectivity index (χ1n) is 8.48. The molecule has 0 aromatic heterocycles. The van der Waals surface area contributed by atoms with Gasteiger partial charge in [-0.15, -0.1) is 0 Å². The average Bonchev–Trinajstić information content (AvgIpc) is 2.65. The van der Waals surface area contributed by atoms with Crippen LogP contribution in [0.1, 0.15) is 16.7 Å². The van der Waals surface area contributed by atoms with Crippen LogP contribution in [0.2, 0.25) is 0 Å². The number of benzene rings is 2. The van der Waals surface area contributed by atoms with Crippen LogP contribution in [0.3, 0.4) is 0 Å². The fourth-order valence-electron chi connectivity index (χ4n) is 2.89. The number of carbonyl (C=O) groups is 1. The Morgan fingerprint density at radius 2 is 1.68 bits per heavy atom. The molecule has 0 atom stereocenters. The van der Waals surface area contributed by atoms with E-state index in [0.717, 1.165) is 19.6 Å². The summed E-state index contributed by atoms with van der Waals surface area (Å²) in [4.78, 5) is 16.6. The Morgan fingerprint density at radius 3 is 2.28 bits per heavy atom. The van der Waals surface area contributed by atoms with Crippen LogP contribution in [0, 0.1) is 18.3 Å². The fraction of sp³-hybridized carbons (Fsp3) is 0.300. The molecule has 2 amide bonds. The van der Waals surface area contributed by atoms with E-state index < -0.39 is 0 Å². The van der Waals surface area contributed by atoms with E-state index >= 15 is 0 Å². The van der Waals surface area contributed by atoms with Crippen LogP contribution in [0.4, 0.5) is 10.5 Å². The van der Waals surface area contributed by atoms with Gasteiger partial charge in [0.15, 0.2) is 0 Å². The van der Waals surface area contributed by atoms with Crippen molar-refractivity contribution >= 4 is 11.7 Å². The molecule has 0 saturated carbocycles. The van der Waals surface area contributed by atoms with E-state index in [-0.39, 0.29) is 6.03 Å². The summed E-state index contributed by atoms with van der Waals surface area (Å²) < 4.78 is 0. The molecule has 5 nitrogen and oxygen atoms in total. The highest BCUT2D eigenvalue weighted by atomic mass is 16.2. The highest BCUT2D eigenvalue weighted by Crippen LogP contribution is 2.13. The van der Waals surface area contributed by atoms with Gasteiger partial charge in [0, 0.05) is 38.4 Å². The molecule has 25 heavy (non-hydrogen) atoms. The number of rotatable bonds is 3. The molecule has 0 bridgehead atoms. The summed E-state index contributed by atoms with van der Waals surface area (Å²) in [6.45, 7) is 6.19. The second kappa shape index (κ2) is 7.82. The highest BCUT2D eigenvalue weighted by molar-refractivity contribution is 5.89. The predicted molar refractivity (Wildman–Crippen MR) is 98.2 cm³/mol. The summed E-state index contributed by atoms with van der Waals surface area (Å²) in [5.74, 6) is 0. The molecule has 1 aliphatic heterocycles. The number of hydrogen-bond donors (Lipinski definition) is 1. The maximum Gasteiger partial charge on any atom is 0.321 e. The standard InChI is InChI=1S/C20H22N4O/c1-16-2-4-18(5-3-16)15-23-10-12-24(13-11-23)20(25)22-19-8-6-17(14-21)7-9-19/h2-9H,10-13,15H2,1H3,(H,22,25). The SMILES string of the molecule is Cc1ccc(CN2CCN(C(=O)Nc3ccc(C#N)cc3)CC2)cc1. The largest absolute Gasteiger partial charge is 0.322 e. The van der Waals surface area contributed by atoms with Crippen LogP contribution in [0.5, 0.6) is 0 Å². The van der Waals surface area contributed by atoms with E-state index in [1.54, 1.807) is 24.3 Å². The second-order valence-electron chi connectivity index (χ2n) is 6.37. The molecule has 1 aliphatic rings. The number of nitriles is 1. The molecule has 128 valence electrons. The lowest BCUT2D eigenvalue weighted by atomic mass is 10.1. The Kier molecular flexibility index (Phi) is 5.32. The number of amides is 2. The fourth-order valence-corrected chi connectivity index (χ4v) is 2.89. The van der Waals surface area contributed by atoms with Gasteiger partial charge in [-0.2, -0.15) is 5.26 Å². The Bertz CT molecular complexity index is 754. The monoisotopic (exact) mass is 334 g/mol. The van der Waals surface area contributed by atoms with Crippen molar-refractivity contribution in [2.24, 2.45) is 0 Å². The highest BCUT2D eigenvalue weighted by Gasteiger charge is 2.21. The normalized spacial score (nSPS) is 14.8. The van der Waals surface area contributed by atoms with Gasteiger partial charge in [-0.25, -0.2) is 4.79 Å². The van der Waals surface area contributed by atoms with E-state index in [0.29, 0.717) is 24.3 Å². The van der Waals surface area contributed by atoms with Crippen LogP contribution in [-0.2, 0) is 6.54 Å². The molecule has 1 saturated heterocycles. The summed E-state index contributed by atoms with van der Waals surface area (Å²) >= 11 is 0. The van der Waals surface area contributed by atoms with Crippen LogP contribution >= 0.6 is 0 Å². The van der Waals surface area contributed by atoms with Gasteiger partial charge in [-0.3, -0.25) is 4.90 Å². The molecule has 5 heteroatoms. The Labute approximate surface area is 148 Å².